The van der Waals surface area contributed by atoms with Crippen LogP contribution < -0.4 is 5.73 Å². The Morgan fingerprint density at radius 1 is 1.31 bits per heavy atom. The molecule has 84 valence electrons. The molecule has 2 aromatic rings. The summed E-state index contributed by atoms with van der Waals surface area (Å²) in [6.45, 7) is 0.796. The van der Waals surface area contributed by atoms with E-state index in [1.165, 1.54) is 0 Å². The van der Waals surface area contributed by atoms with E-state index in [2.05, 4.69) is 9.59 Å². The fraction of sp³-hybridized carbons (Fsp3) is 0.200. The van der Waals surface area contributed by atoms with E-state index < -0.39 is 0 Å². The van der Waals surface area contributed by atoms with Crippen molar-refractivity contribution in [2.45, 2.75) is 13.2 Å². The molecule has 16 heavy (non-hydrogen) atoms. The maximum atomic E-state index is 5.99. The predicted octanol–water partition coefficient (Wildman–Crippen LogP) is 2.49. The Labute approximate surface area is 102 Å². The van der Waals surface area contributed by atoms with E-state index in [1.54, 1.807) is 0 Å². The van der Waals surface area contributed by atoms with Gasteiger partial charge in [0, 0.05) is 16.6 Å². The summed E-state index contributed by atoms with van der Waals surface area (Å²) >= 11 is 7.15. The molecule has 4 nitrogen and oxygen atoms in total. The highest BCUT2D eigenvalue weighted by molar-refractivity contribution is 7.09. The van der Waals surface area contributed by atoms with Crippen LogP contribution in [0.15, 0.2) is 24.3 Å². The SMILES string of the molecule is Nc1snnc1COCc1ccccc1Cl. The predicted molar refractivity (Wildman–Crippen MR) is 64.3 cm³/mol. The molecule has 2 rings (SSSR count). The third kappa shape index (κ3) is 2.69. The van der Waals surface area contributed by atoms with Crippen LogP contribution in [0.4, 0.5) is 5.00 Å². The van der Waals surface area contributed by atoms with Crippen molar-refractivity contribution in [1.29, 1.82) is 0 Å². The van der Waals surface area contributed by atoms with E-state index >= 15 is 0 Å². The zero-order valence-electron chi connectivity index (χ0n) is 8.39. The molecule has 0 amide bonds. The number of nitrogens with zero attached hydrogens (tertiary/aromatic N) is 2. The van der Waals surface area contributed by atoms with E-state index in [4.69, 9.17) is 22.1 Å². The van der Waals surface area contributed by atoms with Crippen molar-refractivity contribution in [3.8, 4) is 0 Å². The molecular formula is C10H10ClN3OS. The number of hydrogen-bond donors (Lipinski definition) is 1. The van der Waals surface area contributed by atoms with E-state index in [0.29, 0.717) is 28.9 Å². The molecule has 6 heteroatoms. The summed E-state index contributed by atoms with van der Waals surface area (Å²) in [6.07, 6.45) is 0. The van der Waals surface area contributed by atoms with Crippen molar-refractivity contribution in [2.24, 2.45) is 0 Å². The molecule has 2 N–H and O–H groups in total. The number of aromatic nitrogens is 2. The van der Waals surface area contributed by atoms with Crippen molar-refractivity contribution in [3.05, 3.63) is 40.5 Å². The zero-order chi connectivity index (χ0) is 11.4. The Morgan fingerprint density at radius 3 is 2.81 bits per heavy atom. The van der Waals surface area contributed by atoms with Crippen LogP contribution in [0.2, 0.25) is 5.02 Å². The highest BCUT2D eigenvalue weighted by atomic mass is 35.5. The molecule has 0 fully saturated rings. The van der Waals surface area contributed by atoms with Crippen molar-refractivity contribution >= 4 is 28.1 Å². The van der Waals surface area contributed by atoms with Gasteiger partial charge in [0.15, 0.2) is 0 Å². The van der Waals surface area contributed by atoms with Gasteiger partial charge in [-0.25, -0.2) is 0 Å². The second kappa shape index (κ2) is 5.25. The molecule has 0 saturated carbocycles. The molecule has 0 radical (unpaired) electrons. The molecular weight excluding hydrogens is 246 g/mol. The number of rotatable bonds is 4. The Morgan fingerprint density at radius 2 is 2.12 bits per heavy atom. The normalized spacial score (nSPS) is 10.6. The Bertz CT molecular complexity index is 475. The van der Waals surface area contributed by atoms with E-state index in [1.807, 2.05) is 24.3 Å². The summed E-state index contributed by atoms with van der Waals surface area (Å²) in [5, 5.41) is 5.15. The molecule has 1 aromatic heterocycles. The van der Waals surface area contributed by atoms with Gasteiger partial charge in [-0.15, -0.1) is 5.10 Å². The van der Waals surface area contributed by atoms with Gasteiger partial charge in [-0.3, -0.25) is 0 Å². The van der Waals surface area contributed by atoms with Gasteiger partial charge >= 0.3 is 0 Å². The van der Waals surface area contributed by atoms with Crippen LogP contribution in [0.25, 0.3) is 0 Å². The Kier molecular flexibility index (Phi) is 3.71. The lowest BCUT2D eigenvalue weighted by Crippen LogP contribution is -1.97. The Hall–Kier alpha value is -1.17. The maximum absolute atomic E-state index is 5.99. The standard InChI is InChI=1S/C10H10ClN3OS/c11-8-4-2-1-3-7(8)5-15-6-9-10(12)16-14-13-9/h1-4H,5-6,12H2. The van der Waals surface area contributed by atoms with E-state index in [9.17, 15) is 0 Å². The minimum absolute atomic E-state index is 0.355. The van der Waals surface area contributed by atoms with Crippen molar-refractivity contribution in [2.75, 3.05) is 5.73 Å². The average molecular weight is 256 g/mol. The molecule has 0 aliphatic heterocycles. The van der Waals surface area contributed by atoms with Crippen LogP contribution in [-0.4, -0.2) is 9.59 Å². The molecule has 0 aliphatic carbocycles. The van der Waals surface area contributed by atoms with Crippen LogP contribution in [0.1, 0.15) is 11.3 Å². The van der Waals surface area contributed by atoms with Gasteiger partial charge in [0.2, 0.25) is 0 Å². The molecule has 0 spiro atoms. The quantitative estimate of drug-likeness (QED) is 0.912. The summed E-state index contributed by atoms with van der Waals surface area (Å²) in [5.41, 5.74) is 7.27. The highest BCUT2D eigenvalue weighted by Gasteiger charge is 2.05. The minimum Gasteiger partial charge on any atom is -0.388 e. The Balaban J connectivity index is 1.89. The number of nitrogen functional groups attached to an aromatic ring is 1. The maximum Gasteiger partial charge on any atom is 0.133 e. The molecule has 1 heterocycles. The summed E-state index contributed by atoms with van der Waals surface area (Å²) in [6, 6.07) is 7.56. The monoisotopic (exact) mass is 255 g/mol. The fourth-order valence-corrected chi connectivity index (χ4v) is 1.81. The van der Waals surface area contributed by atoms with Gasteiger partial charge in [-0.05, 0) is 11.6 Å². The van der Waals surface area contributed by atoms with Crippen LogP contribution in [0.5, 0.6) is 0 Å². The lowest BCUT2D eigenvalue weighted by Gasteiger charge is -2.04. The minimum atomic E-state index is 0.355. The number of hydrogen-bond acceptors (Lipinski definition) is 5. The fourth-order valence-electron chi connectivity index (χ4n) is 1.19. The molecule has 0 bridgehead atoms. The van der Waals surface area contributed by atoms with E-state index in [0.717, 1.165) is 17.1 Å². The first-order valence-corrected chi connectivity index (χ1v) is 5.80. The van der Waals surface area contributed by atoms with Gasteiger partial charge in [-0.1, -0.05) is 34.3 Å². The highest BCUT2D eigenvalue weighted by Crippen LogP contribution is 2.18. The van der Waals surface area contributed by atoms with Crippen LogP contribution in [0.3, 0.4) is 0 Å². The van der Waals surface area contributed by atoms with Crippen molar-refractivity contribution < 1.29 is 4.74 Å². The summed E-state index contributed by atoms with van der Waals surface area (Å²) in [4.78, 5) is 0. The third-order valence-electron chi connectivity index (χ3n) is 2.04. The van der Waals surface area contributed by atoms with Gasteiger partial charge in [0.25, 0.3) is 0 Å². The number of benzene rings is 1. The summed E-state index contributed by atoms with van der Waals surface area (Å²) < 4.78 is 9.19. The van der Waals surface area contributed by atoms with E-state index in [-0.39, 0.29) is 0 Å². The first kappa shape index (κ1) is 11.3. The number of halogens is 1. The topological polar surface area (TPSA) is 61.0 Å². The first-order chi connectivity index (χ1) is 7.77. The second-order valence-electron chi connectivity index (χ2n) is 3.17. The number of anilines is 1. The molecule has 0 saturated heterocycles. The van der Waals surface area contributed by atoms with Gasteiger partial charge < -0.3 is 10.5 Å². The van der Waals surface area contributed by atoms with Crippen LogP contribution in [-0.2, 0) is 18.0 Å². The molecule has 0 atom stereocenters. The van der Waals surface area contributed by atoms with Gasteiger partial charge in [0.05, 0.1) is 13.2 Å². The van der Waals surface area contributed by atoms with Gasteiger partial charge in [-0.2, -0.15) is 0 Å². The zero-order valence-corrected chi connectivity index (χ0v) is 9.96. The molecule has 0 aliphatic rings. The summed E-state index contributed by atoms with van der Waals surface area (Å²) in [7, 11) is 0. The summed E-state index contributed by atoms with van der Waals surface area (Å²) in [5.74, 6) is 0. The molecule has 1 aromatic carbocycles. The number of ether oxygens (including phenoxy) is 1. The second-order valence-corrected chi connectivity index (χ2v) is 4.36. The lowest BCUT2D eigenvalue weighted by molar-refractivity contribution is 0.105. The van der Waals surface area contributed by atoms with Crippen molar-refractivity contribution in [3.63, 3.8) is 0 Å². The van der Waals surface area contributed by atoms with Crippen molar-refractivity contribution in [1.82, 2.24) is 9.59 Å². The molecule has 0 unspecified atom stereocenters. The average Bonchev–Trinajstić information content (AvgIpc) is 2.67. The largest absolute Gasteiger partial charge is 0.388 e. The van der Waals surface area contributed by atoms with Gasteiger partial charge in [0.1, 0.15) is 10.7 Å². The number of nitrogens with two attached hydrogens (primary N) is 1. The lowest BCUT2D eigenvalue weighted by atomic mass is 10.2. The smallest absolute Gasteiger partial charge is 0.133 e. The third-order valence-corrected chi connectivity index (χ3v) is 3.00. The van der Waals surface area contributed by atoms with Crippen LogP contribution >= 0.6 is 23.1 Å². The first-order valence-electron chi connectivity index (χ1n) is 4.65. The van der Waals surface area contributed by atoms with Crippen LogP contribution in [0, 0.1) is 0 Å².